The number of rotatable bonds is 3. The maximum Gasteiger partial charge on any atom is 0.270 e. The summed E-state index contributed by atoms with van der Waals surface area (Å²) in [7, 11) is 1.66. The number of hydrogen-bond acceptors (Lipinski definition) is 4. The molecular weight excluding hydrogens is 302 g/mol. The Labute approximate surface area is 132 Å². The number of nitriles is 1. The standard InChI is InChI=1S/C16H14ClN3O2/c1-22-11-5-10(6-11)19-16(21)15-12-4-2-3-9(8-18)13(12)7-14(17)20-15/h2-4,7,10-11H,5-6H2,1H3,(H,19,21). The van der Waals surface area contributed by atoms with Gasteiger partial charge in [0.1, 0.15) is 10.8 Å². The number of fused-ring (bicyclic) bond motifs is 1. The summed E-state index contributed by atoms with van der Waals surface area (Å²) in [5.74, 6) is -0.276. The van der Waals surface area contributed by atoms with Crippen LogP contribution in [0, 0.1) is 11.3 Å². The highest BCUT2D eigenvalue weighted by Gasteiger charge is 2.31. The number of carbonyl (C=O) groups excluding carboxylic acids is 1. The Morgan fingerprint density at radius 3 is 2.91 bits per heavy atom. The molecule has 6 heteroatoms. The molecule has 0 aliphatic heterocycles. The summed E-state index contributed by atoms with van der Waals surface area (Å²) < 4.78 is 5.20. The van der Waals surface area contributed by atoms with Gasteiger partial charge in [0.25, 0.3) is 5.91 Å². The Morgan fingerprint density at radius 1 is 1.45 bits per heavy atom. The number of amides is 1. The van der Waals surface area contributed by atoms with E-state index < -0.39 is 0 Å². The zero-order valence-electron chi connectivity index (χ0n) is 12.0. The first kappa shape index (κ1) is 14.8. The van der Waals surface area contributed by atoms with E-state index in [1.807, 2.05) is 0 Å². The summed E-state index contributed by atoms with van der Waals surface area (Å²) in [5, 5.41) is 13.6. The minimum absolute atomic E-state index is 0.0902. The van der Waals surface area contributed by atoms with Crippen LogP contribution < -0.4 is 5.32 Å². The number of hydrogen-bond donors (Lipinski definition) is 1. The second kappa shape index (κ2) is 5.91. The smallest absolute Gasteiger partial charge is 0.270 e. The van der Waals surface area contributed by atoms with E-state index in [4.69, 9.17) is 16.3 Å². The summed E-state index contributed by atoms with van der Waals surface area (Å²) >= 11 is 6.01. The Balaban J connectivity index is 1.93. The Morgan fingerprint density at radius 2 is 2.23 bits per heavy atom. The molecule has 3 rings (SSSR count). The van der Waals surface area contributed by atoms with Crippen LogP contribution in [0.3, 0.4) is 0 Å². The minimum atomic E-state index is -0.276. The van der Waals surface area contributed by atoms with Crippen molar-refractivity contribution in [2.24, 2.45) is 0 Å². The molecule has 0 bridgehead atoms. The van der Waals surface area contributed by atoms with Gasteiger partial charge in [0.15, 0.2) is 0 Å². The number of halogens is 1. The normalized spacial score (nSPS) is 20.2. The fourth-order valence-electron chi connectivity index (χ4n) is 2.65. The maximum absolute atomic E-state index is 12.5. The molecule has 0 unspecified atom stereocenters. The first-order valence-corrected chi connectivity index (χ1v) is 7.33. The van der Waals surface area contributed by atoms with Crippen LogP contribution in [0.4, 0.5) is 0 Å². The van der Waals surface area contributed by atoms with E-state index in [9.17, 15) is 10.1 Å². The van der Waals surface area contributed by atoms with Gasteiger partial charge >= 0.3 is 0 Å². The second-order valence-electron chi connectivity index (χ2n) is 5.31. The number of methoxy groups -OCH3 is 1. The molecule has 112 valence electrons. The van der Waals surface area contributed by atoms with Crippen molar-refractivity contribution in [3.8, 4) is 6.07 Å². The summed E-state index contributed by atoms with van der Waals surface area (Å²) in [4.78, 5) is 16.6. The highest BCUT2D eigenvalue weighted by atomic mass is 35.5. The number of nitrogens with one attached hydrogen (secondary N) is 1. The Kier molecular flexibility index (Phi) is 3.97. The maximum atomic E-state index is 12.5. The third-order valence-electron chi connectivity index (χ3n) is 3.94. The van der Waals surface area contributed by atoms with Gasteiger partial charge in [0.05, 0.1) is 17.7 Å². The monoisotopic (exact) mass is 315 g/mol. The summed E-state index contributed by atoms with van der Waals surface area (Å²) in [5.41, 5.74) is 0.722. The molecule has 1 aliphatic carbocycles. The predicted octanol–water partition coefficient (Wildman–Crippen LogP) is 2.67. The summed E-state index contributed by atoms with van der Waals surface area (Å²) in [6, 6.07) is 9.00. The van der Waals surface area contributed by atoms with E-state index in [1.165, 1.54) is 0 Å². The van der Waals surface area contributed by atoms with E-state index in [1.54, 1.807) is 31.4 Å². The van der Waals surface area contributed by atoms with Crippen molar-refractivity contribution >= 4 is 28.3 Å². The van der Waals surface area contributed by atoms with E-state index in [-0.39, 0.29) is 28.9 Å². The zero-order valence-corrected chi connectivity index (χ0v) is 12.7. The van der Waals surface area contributed by atoms with Crippen LogP contribution in [0.25, 0.3) is 10.8 Å². The molecule has 1 aliphatic rings. The largest absolute Gasteiger partial charge is 0.381 e. The highest BCUT2D eigenvalue weighted by Crippen LogP contribution is 2.26. The van der Waals surface area contributed by atoms with Crippen molar-refractivity contribution in [3.05, 3.63) is 40.7 Å². The van der Waals surface area contributed by atoms with Gasteiger partial charge in [-0.05, 0) is 25.0 Å². The van der Waals surface area contributed by atoms with Gasteiger partial charge in [-0.3, -0.25) is 4.79 Å². The van der Waals surface area contributed by atoms with Crippen molar-refractivity contribution in [3.63, 3.8) is 0 Å². The van der Waals surface area contributed by atoms with Gasteiger partial charge in [-0.15, -0.1) is 0 Å². The average Bonchev–Trinajstić information content (AvgIpc) is 2.48. The zero-order chi connectivity index (χ0) is 15.7. The number of pyridine rings is 1. The van der Waals surface area contributed by atoms with Crippen LogP contribution >= 0.6 is 11.6 Å². The van der Waals surface area contributed by atoms with Gasteiger partial charge in [-0.1, -0.05) is 23.7 Å². The van der Waals surface area contributed by atoms with Crippen molar-refractivity contribution in [2.45, 2.75) is 25.0 Å². The molecule has 1 saturated carbocycles. The van der Waals surface area contributed by atoms with Crippen LogP contribution in [0.1, 0.15) is 28.9 Å². The highest BCUT2D eigenvalue weighted by molar-refractivity contribution is 6.30. The number of nitrogens with zero attached hydrogens (tertiary/aromatic N) is 2. The lowest BCUT2D eigenvalue weighted by molar-refractivity contribution is 0.0175. The van der Waals surface area contributed by atoms with Crippen LogP contribution in [0.5, 0.6) is 0 Å². The van der Waals surface area contributed by atoms with E-state index in [0.717, 1.165) is 12.8 Å². The molecule has 1 aromatic heterocycles. The number of ether oxygens (including phenoxy) is 1. The topological polar surface area (TPSA) is 75.0 Å². The van der Waals surface area contributed by atoms with Gasteiger partial charge in [0.2, 0.25) is 0 Å². The van der Waals surface area contributed by atoms with Crippen molar-refractivity contribution in [1.29, 1.82) is 5.26 Å². The molecule has 1 fully saturated rings. The minimum Gasteiger partial charge on any atom is -0.381 e. The molecule has 1 N–H and O–H groups in total. The number of benzene rings is 1. The Bertz CT molecular complexity index is 779. The quantitative estimate of drug-likeness (QED) is 0.884. The van der Waals surface area contributed by atoms with Gasteiger partial charge in [-0.2, -0.15) is 5.26 Å². The molecule has 0 radical (unpaired) electrons. The molecule has 0 spiro atoms. The number of aromatic nitrogens is 1. The fraction of sp³-hybridized carbons (Fsp3) is 0.312. The molecule has 2 aromatic rings. The average molecular weight is 316 g/mol. The van der Waals surface area contributed by atoms with Gasteiger partial charge in [0, 0.05) is 23.9 Å². The first-order valence-electron chi connectivity index (χ1n) is 6.95. The van der Waals surface area contributed by atoms with E-state index in [0.29, 0.717) is 16.3 Å². The molecule has 0 atom stereocenters. The third-order valence-corrected chi connectivity index (χ3v) is 4.14. The van der Waals surface area contributed by atoms with Crippen LogP contribution in [-0.2, 0) is 4.74 Å². The summed E-state index contributed by atoms with van der Waals surface area (Å²) in [6.45, 7) is 0. The predicted molar refractivity (Wildman–Crippen MR) is 82.8 cm³/mol. The molecule has 1 aromatic carbocycles. The van der Waals surface area contributed by atoms with Crippen LogP contribution in [0.2, 0.25) is 5.15 Å². The second-order valence-corrected chi connectivity index (χ2v) is 5.69. The van der Waals surface area contributed by atoms with Crippen molar-refractivity contribution in [2.75, 3.05) is 7.11 Å². The van der Waals surface area contributed by atoms with Crippen molar-refractivity contribution < 1.29 is 9.53 Å². The fourth-order valence-corrected chi connectivity index (χ4v) is 2.84. The van der Waals surface area contributed by atoms with Gasteiger partial charge < -0.3 is 10.1 Å². The summed E-state index contributed by atoms with van der Waals surface area (Å²) in [6.07, 6.45) is 1.80. The molecule has 5 nitrogen and oxygen atoms in total. The first-order chi connectivity index (χ1) is 10.6. The van der Waals surface area contributed by atoms with Crippen LogP contribution in [0.15, 0.2) is 24.3 Å². The Hall–Kier alpha value is -2.16. The van der Waals surface area contributed by atoms with Crippen LogP contribution in [-0.4, -0.2) is 30.1 Å². The van der Waals surface area contributed by atoms with Crippen molar-refractivity contribution in [1.82, 2.24) is 10.3 Å². The molecule has 1 amide bonds. The van der Waals surface area contributed by atoms with E-state index in [2.05, 4.69) is 16.4 Å². The lowest BCUT2D eigenvalue weighted by atomic mass is 9.89. The van der Waals surface area contributed by atoms with Gasteiger partial charge in [-0.25, -0.2) is 4.98 Å². The van der Waals surface area contributed by atoms with E-state index >= 15 is 0 Å². The number of carbonyl (C=O) groups is 1. The molecule has 1 heterocycles. The molecule has 22 heavy (non-hydrogen) atoms. The third kappa shape index (κ3) is 2.63. The molecular formula is C16H14ClN3O2. The molecule has 0 saturated heterocycles. The lowest BCUT2D eigenvalue weighted by Gasteiger charge is -2.34. The SMILES string of the molecule is COC1CC(NC(=O)c2nc(Cl)cc3c(C#N)cccc23)C1. The lowest BCUT2D eigenvalue weighted by Crippen LogP contribution is -2.47.